The number of aryl methyl sites for hydroxylation is 1. The van der Waals surface area contributed by atoms with Crippen LogP contribution in [0.4, 0.5) is 5.82 Å². The molecule has 1 fully saturated rings. The third-order valence-corrected chi connectivity index (χ3v) is 3.81. The molecule has 0 unspecified atom stereocenters. The molecule has 0 amide bonds. The molecule has 0 bridgehead atoms. The molecule has 0 saturated carbocycles. The molecule has 106 valence electrons. The van der Waals surface area contributed by atoms with Gasteiger partial charge in [-0.05, 0) is 33.9 Å². The van der Waals surface area contributed by atoms with Gasteiger partial charge in [0.25, 0.3) is 0 Å². The normalized spacial score (nSPS) is 17.9. The predicted molar refractivity (Wildman–Crippen MR) is 78.3 cm³/mol. The summed E-state index contributed by atoms with van der Waals surface area (Å²) in [4.78, 5) is 13.8. The van der Waals surface area contributed by atoms with Crippen LogP contribution in [0.15, 0.2) is 6.07 Å². The fourth-order valence-electron chi connectivity index (χ4n) is 2.62. The third kappa shape index (κ3) is 3.88. The highest BCUT2D eigenvalue weighted by Gasteiger charge is 2.21. The molecule has 0 aromatic carbocycles. The first-order valence-corrected chi connectivity index (χ1v) is 6.99. The summed E-state index contributed by atoms with van der Waals surface area (Å²) >= 11 is 0. The summed E-state index contributed by atoms with van der Waals surface area (Å²) in [6, 6.07) is 2.70. The van der Waals surface area contributed by atoms with Gasteiger partial charge >= 0.3 is 0 Å². The summed E-state index contributed by atoms with van der Waals surface area (Å²) in [5.74, 6) is 1.83. The van der Waals surface area contributed by atoms with E-state index < -0.39 is 0 Å². The summed E-state index contributed by atoms with van der Waals surface area (Å²) in [5, 5.41) is 3.09. The van der Waals surface area contributed by atoms with Crippen LogP contribution in [0.5, 0.6) is 0 Å². The Morgan fingerprint density at radius 2 is 2.00 bits per heavy atom. The minimum Gasteiger partial charge on any atom is -0.373 e. The van der Waals surface area contributed by atoms with Gasteiger partial charge in [-0.3, -0.25) is 4.90 Å². The lowest BCUT2D eigenvalue weighted by Crippen LogP contribution is -2.41. The highest BCUT2D eigenvalue weighted by atomic mass is 15.2. The Balaban J connectivity index is 1.93. The Hall–Kier alpha value is -1.20. The first-order valence-electron chi connectivity index (χ1n) is 6.99. The highest BCUT2D eigenvalue weighted by molar-refractivity contribution is 5.34. The van der Waals surface area contributed by atoms with Crippen molar-refractivity contribution < 1.29 is 0 Å². The Morgan fingerprint density at radius 3 is 2.58 bits per heavy atom. The molecule has 5 nitrogen and oxygen atoms in total. The van der Waals surface area contributed by atoms with Crippen molar-refractivity contribution >= 4 is 5.82 Å². The number of hydrogen-bond acceptors (Lipinski definition) is 5. The Kier molecular flexibility index (Phi) is 4.71. The van der Waals surface area contributed by atoms with Crippen LogP contribution in [0.25, 0.3) is 0 Å². The standard InChI is InChI=1S/C14H25N5/c1-11-9-13(15-2)17-14(16-11)10-19-7-5-12(6-8-19)18(3)4/h9,12H,5-8,10H2,1-4H3,(H,15,16,17). The number of nitrogens with one attached hydrogen (secondary N) is 1. The van der Waals surface area contributed by atoms with Crippen molar-refractivity contribution in [2.75, 3.05) is 39.5 Å². The smallest absolute Gasteiger partial charge is 0.144 e. The number of piperidine rings is 1. The van der Waals surface area contributed by atoms with Gasteiger partial charge in [-0.2, -0.15) is 0 Å². The van der Waals surface area contributed by atoms with Crippen molar-refractivity contribution in [3.63, 3.8) is 0 Å². The van der Waals surface area contributed by atoms with Crippen LogP contribution in [-0.2, 0) is 6.54 Å². The second kappa shape index (κ2) is 6.30. The van der Waals surface area contributed by atoms with E-state index in [2.05, 4.69) is 39.2 Å². The van der Waals surface area contributed by atoms with Gasteiger partial charge in [0, 0.05) is 37.9 Å². The lowest BCUT2D eigenvalue weighted by molar-refractivity contribution is 0.137. The monoisotopic (exact) mass is 263 g/mol. The van der Waals surface area contributed by atoms with Gasteiger partial charge in [0.1, 0.15) is 11.6 Å². The lowest BCUT2D eigenvalue weighted by Gasteiger charge is -2.34. The molecule has 1 aromatic rings. The summed E-state index contributed by atoms with van der Waals surface area (Å²) in [5.41, 5.74) is 1.03. The zero-order valence-electron chi connectivity index (χ0n) is 12.5. The number of anilines is 1. The molecule has 5 heteroatoms. The second-order valence-electron chi connectivity index (χ2n) is 5.53. The first-order chi connectivity index (χ1) is 9.08. The van der Waals surface area contributed by atoms with Gasteiger partial charge in [0.05, 0.1) is 6.54 Å². The Morgan fingerprint density at radius 1 is 1.32 bits per heavy atom. The molecular formula is C14H25N5. The molecule has 1 N–H and O–H groups in total. The average molecular weight is 263 g/mol. The Bertz CT molecular complexity index is 410. The summed E-state index contributed by atoms with van der Waals surface area (Å²) in [6.07, 6.45) is 2.47. The number of aromatic nitrogens is 2. The number of likely N-dealkylation sites (tertiary alicyclic amines) is 1. The van der Waals surface area contributed by atoms with E-state index in [0.29, 0.717) is 0 Å². The molecule has 2 rings (SSSR count). The van der Waals surface area contributed by atoms with E-state index in [0.717, 1.165) is 43.0 Å². The SMILES string of the molecule is CNc1cc(C)nc(CN2CCC(N(C)C)CC2)n1. The van der Waals surface area contributed by atoms with E-state index in [9.17, 15) is 0 Å². The number of rotatable bonds is 4. The van der Waals surface area contributed by atoms with Crippen molar-refractivity contribution in [2.24, 2.45) is 0 Å². The molecule has 1 saturated heterocycles. The molecule has 1 aliphatic heterocycles. The zero-order chi connectivity index (χ0) is 13.8. The van der Waals surface area contributed by atoms with E-state index in [4.69, 9.17) is 0 Å². The van der Waals surface area contributed by atoms with Crippen molar-refractivity contribution in [1.29, 1.82) is 0 Å². The largest absolute Gasteiger partial charge is 0.373 e. The van der Waals surface area contributed by atoms with Gasteiger partial charge in [0.15, 0.2) is 0 Å². The van der Waals surface area contributed by atoms with Gasteiger partial charge in [-0.15, -0.1) is 0 Å². The van der Waals surface area contributed by atoms with E-state index in [1.807, 2.05) is 20.0 Å². The Labute approximate surface area is 116 Å². The molecule has 1 aromatic heterocycles. The zero-order valence-corrected chi connectivity index (χ0v) is 12.5. The summed E-state index contributed by atoms with van der Waals surface area (Å²) < 4.78 is 0. The fourth-order valence-corrected chi connectivity index (χ4v) is 2.62. The molecule has 19 heavy (non-hydrogen) atoms. The first kappa shape index (κ1) is 14.2. The van der Waals surface area contributed by atoms with Crippen LogP contribution in [0, 0.1) is 6.92 Å². The quantitative estimate of drug-likeness (QED) is 0.888. The maximum Gasteiger partial charge on any atom is 0.144 e. The van der Waals surface area contributed by atoms with Gasteiger partial charge in [-0.1, -0.05) is 0 Å². The van der Waals surface area contributed by atoms with Crippen LogP contribution in [0.3, 0.4) is 0 Å². The van der Waals surface area contributed by atoms with Crippen LogP contribution >= 0.6 is 0 Å². The summed E-state index contributed by atoms with van der Waals surface area (Å²) in [6.45, 7) is 5.14. The lowest BCUT2D eigenvalue weighted by atomic mass is 10.0. The van der Waals surface area contributed by atoms with Crippen molar-refractivity contribution in [3.05, 3.63) is 17.6 Å². The predicted octanol–water partition coefficient (Wildman–Crippen LogP) is 1.35. The van der Waals surface area contributed by atoms with Gasteiger partial charge in [-0.25, -0.2) is 9.97 Å². The number of hydrogen-bond donors (Lipinski definition) is 1. The second-order valence-corrected chi connectivity index (χ2v) is 5.53. The third-order valence-electron chi connectivity index (χ3n) is 3.81. The highest BCUT2D eigenvalue weighted by Crippen LogP contribution is 2.16. The minimum absolute atomic E-state index is 0.725. The fraction of sp³-hybridized carbons (Fsp3) is 0.714. The van der Waals surface area contributed by atoms with Crippen LogP contribution < -0.4 is 5.32 Å². The van der Waals surface area contributed by atoms with E-state index in [1.54, 1.807) is 0 Å². The molecule has 1 aliphatic rings. The molecule has 0 atom stereocenters. The van der Waals surface area contributed by atoms with Crippen molar-refractivity contribution in [3.8, 4) is 0 Å². The van der Waals surface area contributed by atoms with E-state index in [1.165, 1.54) is 12.8 Å². The summed E-state index contributed by atoms with van der Waals surface area (Å²) in [7, 11) is 6.24. The maximum absolute atomic E-state index is 4.53. The molecule has 0 spiro atoms. The molecular weight excluding hydrogens is 238 g/mol. The number of nitrogens with zero attached hydrogens (tertiary/aromatic N) is 4. The molecule has 0 aliphatic carbocycles. The van der Waals surface area contributed by atoms with Crippen LogP contribution in [0.2, 0.25) is 0 Å². The van der Waals surface area contributed by atoms with Gasteiger partial charge < -0.3 is 10.2 Å². The van der Waals surface area contributed by atoms with Crippen LogP contribution in [0.1, 0.15) is 24.4 Å². The van der Waals surface area contributed by atoms with Gasteiger partial charge in [0.2, 0.25) is 0 Å². The van der Waals surface area contributed by atoms with Crippen LogP contribution in [-0.4, -0.2) is 60.0 Å². The molecule has 2 heterocycles. The average Bonchev–Trinajstić information content (AvgIpc) is 2.38. The van der Waals surface area contributed by atoms with E-state index >= 15 is 0 Å². The van der Waals surface area contributed by atoms with E-state index in [-0.39, 0.29) is 0 Å². The topological polar surface area (TPSA) is 44.3 Å². The molecule has 0 radical (unpaired) electrons. The maximum atomic E-state index is 4.53. The minimum atomic E-state index is 0.725. The van der Waals surface area contributed by atoms with Crippen molar-refractivity contribution in [2.45, 2.75) is 32.4 Å². The van der Waals surface area contributed by atoms with Crippen molar-refractivity contribution in [1.82, 2.24) is 19.8 Å².